The zero-order valence-corrected chi connectivity index (χ0v) is 22.2. The minimum atomic E-state index is -0.539. The number of amides is 2. The average Bonchev–Trinajstić information content (AvgIpc) is 2.75. The summed E-state index contributed by atoms with van der Waals surface area (Å²) in [6.45, 7) is 22.6. The summed E-state index contributed by atoms with van der Waals surface area (Å²) in [5, 5.41) is 5.24. The molecule has 1 fully saturated rings. The maximum atomic E-state index is 11.7. The van der Waals surface area contributed by atoms with Crippen molar-refractivity contribution in [3.63, 3.8) is 0 Å². The number of carbonyl (C=O) groups is 3. The van der Waals surface area contributed by atoms with Crippen LogP contribution in [0.25, 0.3) is 0 Å². The molecule has 4 N–H and O–H groups in total. The van der Waals surface area contributed by atoms with Crippen molar-refractivity contribution >= 4 is 18.3 Å². The highest BCUT2D eigenvalue weighted by molar-refractivity contribution is 5.84. The van der Waals surface area contributed by atoms with Gasteiger partial charge in [0.1, 0.15) is 5.60 Å². The lowest BCUT2D eigenvalue weighted by atomic mass is 10.0. The Morgan fingerprint density at radius 3 is 1.91 bits per heavy atom. The van der Waals surface area contributed by atoms with E-state index in [1.54, 1.807) is 0 Å². The molecule has 0 aromatic heterocycles. The summed E-state index contributed by atoms with van der Waals surface area (Å²) in [5.41, 5.74) is 5.58. The summed E-state index contributed by atoms with van der Waals surface area (Å²) < 4.78 is 9.80. The molecule has 1 atom stereocenters. The van der Waals surface area contributed by atoms with Gasteiger partial charge in [0, 0.05) is 24.7 Å². The van der Waals surface area contributed by atoms with Crippen molar-refractivity contribution < 1.29 is 23.9 Å². The number of primary amides is 1. The quantitative estimate of drug-likeness (QED) is 0.496. The average molecular weight is 463 g/mol. The highest BCUT2D eigenvalue weighted by Gasteiger charge is 2.18. The third-order valence-electron chi connectivity index (χ3n) is 3.29. The van der Waals surface area contributed by atoms with Crippen LogP contribution in [0.1, 0.15) is 61.8 Å². The molecular weight excluding hydrogens is 412 g/mol. The summed E-state index contributed by atoms with van der Waals surface area (Å²) in [5.74, 6) is -0.939. The van der Waals surface area contributed by atoms with Crippen LogP contribution in [0.3, 0.4) is 0 Å². The molecule has 0 aromatic carbocycles. The van der Waals surface area contributed by atoms with Gasteiger partial charge in [0.05, 0.1) is 19.8 Å². The summed E-state index contributed by atoms with van der Waals surface area (Å²) >= 11 is 0. The summed E-state index contributed by atoms with van der Waals surface area (Å²) in [6.07, 6.45) is 0.574. The Morgan fingerprint density at radius 2 is 1.59 bits per heavy atom. The molecule has 0 aromatic rings. The lowest BCUT2D eigenvalue weighted by Gasteiger charge is -2.31. The molecule has 2 amide bonds. The second-order valence-electron chi connectivity index (χ2n) is 7.28. The monoisotopic (exact) mass is 462 g/mol. The molecule has 1 aliphatic rings. The fourth-order valence-electron chi connectivity index (χ4n) is 1.95. The van der Waals surface area contributed by atoms with Crippen molar-refractivity contribution in [2.45, 2.75) is 67.4 Å². The fourth-order valence-corrected chi connectivity index (χ4v) is 1.95. The zero-order chi connectivity index (χ0) is 26.2. The number of nitrogens with two attached hydrogens (primary N) is 1. The van der Waals surface area contributed by atoms with Crippen LogP contribution in [-0.4, -0.2) is 75.7 Å². The topological polar surface area (TPSA) is 123 Å². The van der Waals surface area contributed by atoms with Crippen molar-refractivity contribution in [3.8, 4) is 0 Å². The largest absolute Gasteiger partial charge is 0.462 e. The molecule has 1 unspecified atom stereocenters. The molecule has 192 valence electrons. The molecule has 1 saturated heterocycles. The number of nitrogens with one attached hydrogen (secondary N) is 2. The van der Waals surface area contributed by atoms with E-state index in [1.165, 1.54) is 0 Å². The van der Waals surface area contributed by atoms with E-state index < -0.39 is 5.91 Å². The van der Waals surface area contributed by atoms with E-state index in [1.807, 2.05) is 69.5 Å². The Kier molecular flexibility index (Phi) is 29.2. The summed E-state index contributed by atoms with van der Waals surface area (Å²) in [4.78, 5) is 34.0. The minimum absolute atomic E-state index is 0.118. The molecule has 9 heteroatoms. The normalized spacial score (nSPS) is 12.9. The van der Waals surface area contributed by atoms with Gasteiger partial charge in [0.25, 0.3) is 6.47 Å². The maximum absolute atomic E-state index is 11.7. The van der Waals surface area contributed by atoms with Crippen molar-refractivity contribution in [2.75, 3.05) is 46.9 Å². The van der Waals surface area contributed by atoms with E-state index >= 15 is 0 Å². The molecule has 9 nitrogen and oxygen atoms in total. The van der Waals surface area contributed by atoms with Gasteiger partial charge in [-0.15, -0.1) is 0 Å². The Labute approximate surface area is 196 Å². The van der Waals surface area contributed by atoms with Crippen LogP contribution in [-0.2, 0) is 23.9 Å². The predicted molar refractivity (Wildman–Crippen MR) is 132 cm³/mol. The summed E-state index contributed by atoms with van der Waals surface area (Å²) in [6, 6.07) is 0. The SMILES string of the molecule is C=C(CC(C)C(=O)NCC(N)=O)N1CCOCC1.CC.CC.CC(C)(C)OC=O.CNC. The molecule has 0 radical (unpaired) electrons. The standard InChI is InChI=1S/C12H21N3O3.C5H10O2.C2H7N.2C2H6/c1-9(12(17)14-8-11(13)16)7-10(2)15-3-5-18-6-4-15;1-5(2,3)7-4-6;1-3-2;2*1-2/h9H,2-8H2,1H3,(H2,13,16)(H,14,17);4H,1-3H3;3H,1-2H3;2*1-2H3. The van der Waals surface area contributed by atoms with E-state index in [2.05, 4.69) is 26.8 Å². The smallest absolute Gasteiger partial charge is 0.293 e. The highest BCUT2D eigenvalue weighted by atomic mass is 16.5. The van der Waals surface area contributed by atoms with Crippen LogP contribution < -0.4 is 16.4 Å². The number of morpholine rings is 1. The van der Waals surface area contributed by atoms with Gasteiger partial charge in [-0.3, -0.25) is 14.4 Å². The first-order valence-corrected chi connectivity index (χ1v) is 11.2. The first-order valence-electron chi connectivity index (χ1n) is 11.2. The Bertz CT molecular complexity index is 473. The number of allylic oxidation sites excluding steroid dienone is 1. The van der Waals surface area contributed by atoms with Crippen LogP contribution in [0, 0.1) is 5.92 Å². The van der Waals surface area contributed by atoms with Crippen molar-refractivity contribution in [1.82, 2.24) is 15.5 Å². The third kappa shape index (κ3) is 27.9. The zero-order valence-electron chi connectivity index (χ0n) is 22.2. The molecule has 1 rings (SSSR count). The van der Waals surface area contributed by atoms with Crippen molar-refractivity contribution in [2.24, 2.45) is 11.7 Å². The number of carbonyl (C=O) groups excluding carboxylic acids is 3. The van der Waals surface area contributed by atoms with Gasteiger partial charge in [0.2, 0.25) is 11.8 Å². The van der Waals surface area contributed by atoms with Gasteiger partial charge in [-0.1, -0.05) is 41.2 Å². The Hall–Kier alpha value is -2.13. The Balaban J connectivity index is -0.000000233. The van der Waals surface area contributed by atoms with Crippen LogP contribution in [0.4, 0.5) is 0 Å². The number of hydrogen-bond acceptors (Lipinski definition) is 7. The molecule has 0 bridgehead atoms. The Morgan fingerprint density at radius 1 is 1.16 bits per heavy atom. The second-order valence-corrected chi connectivity index (χ2v) is 7.28. The molecule has 1 aliphatic heterocycles. The maximum Gasteiger partial charge on any atom is 0.293 e. The van der Waals surface area contributed by atoms with Gasteiger partial charge < -0.3 is 30.7 Å². The first kappa shape index (κ1) is 37.2. The fraction of sp³-hybridized carbons (Fsp3) is 0.783. The van der Waals surface area contributed by atoms with Crippen molar-refractivity contribution in [3.05, 3.63) is 12.3 Å². The van der Waals surface area contributed by atoms with E-state index in [4.69, 9.17) is 10.5 Å². The van der Waals surface area contributed by atoms with Crippen molar-refractivity contribution in [1.29, 1.82) is 0 Å². The highest BCUT2D eigenvalue weighted by Crippen LogP contribution is 2.15. The third-order valence-corrected chi connectivity index (χ3v) is 3.29. The van der Waals surface area contributed by atoms with E-state index in [0.717, 1.165) is 18.8 Å². The number of rotatable bonds is 7. The molecule has 32 heavy (non-hydrogen) atoms. The van der Waals surface area contributed by atoms with E-state index in [0.29, 0.717) is 26.1 Å². The predicted octanol–water partition coefficient (Wildman–Crippen LogP) is 2.31. The number of hydrogen-bond donors (Lipinski definition) is 3. The van der Waals surface area contributed by atoms with E-state index in [-0.39, 0.29) is 24.0 Å². The summed E-state index contributed by atoms with van der Waals surface area (Å²) in [7, 11) is 3.75. The van der Waals surface area contributed by atoms with Gasteiger partial charge in [-0.2, -0.15) is 0 Å². The second kappa shape index (κ2) is 25.1. The molecule has 0 saturated carbocycles. The molecule has 0 aliphatic carbocycles. The van der Waals surface area contributed by atoms with Gasteiger partial charge in [0.15, 0.2) is 0 Å². The van der Waals surface area contributed by atoms with Gasteiger partial charge >= 0.3 is 0 Å². The van der Waals surface area contributed by atoms with Gasteiger partial charge in [-0.05, 0) is 41.3 Å². The van der Waals surface area contributed by atoms with E-state index in [9.17, 15) is 14.4 Å². The molecular formula is C23H50N4O5. The van der Waals surface area contributed by atoms with Crippen LogP contribution >= 0.6 is 0 Å². The van der Waals surface area contributed by atoms with Crippen LogP contribution in [0.2, 0.25) is 0 Å². The molecule has 1 heterocycles. The molecule has 0 spiro atoms. The number of ether oxygens (including phenoxy) is 2. The lowest BCUT2D eigenvalue weighted by Crippen LogP contribution is -2.39. The van der Waals surface area contributed by atoms with Crippen LogP contribution in [0.15, 0.2) is 12.3 Å². The number of nitrogens with zero attached hydrogens (tertiary/aromatic N) is 1. The minimum Gasteiger partial charge on any atom is -0.462 e. The lowest BCUT2D eigenvalue weighted by molar-refractivity contribution is -0.138. The first-order chi connectivity index (χ1) is 15.0. The van der Waals surface area contributed by atoms with Gasteiger partial charge in [-0.25, -0.2) is 0 Å². The van der Waals surface area contributed by atoms with Crippen LogP contribution in [0.5, 0.6) is 0 Å².